The molecule has 2 N–H and O–H groups in total. The monoisotopic (exact) mass is 302 g/mol. The average Bonchev–Trinajstić information content (AvgIpc) is 2.35. The minimum Gasteiger partial charge on any atom is -0.480 e. The van der Waals surface area contributed by atoms with Crippen LogP contribution in [0.4, 0.5) is 4.79 Å². The predicted octanol–water partition coefficient (Wildman–Crippen LogP) is 0.621. The quantitative estimate of drug-likeness (QED) is 0.777. The SMILES string of the molecule is COCC(O)CN(C)C(=O)N1CCCC(C)(C)C1C(=O)O. The van der Waals surface area contributed by atoms with Crippen LogP contribution in [0, 0.1) is 5.41 Å². The molecule has 1 saturated heterocycles. The molecule has 1 aliphatic rings. The van der Waals surface area contributed by atoms with Crippen molar-refractivity contribution in [1.29, 1.82) is 0 Å². The summed E-state index contributed by atoms with van der Waals surface area (Å²) in [5.74, 6) is -0.987. The summed E-state index contributed by atoms with van der Waals surface area (Å²) >= 11 is 0. The maximum absolute atomic E-state index is 12.5. The lowest BCUT2D eigenvalue weighted by atomic mass is 9.76. The van der Waals surface area contributed by atoms with Crippen LogP contribution >= 0.6 is 0 Å². The van der Waals surface area contributed by atoms with Crippen molar-refractivity contribution in [3.63, 3.8) is 0 Å². The Morgan fingerprint density at radius 3 is 2.62 bits per heavy atom. The molecule has 122 valence electrons. The van der Waals surface area contributed by atoms with Gasteiger partial charge in [0, 0.05) is 20.7 Å². The molecule has 0 radical (unpaired) electrons. The maximum Gasteiger partial charge on any atom is 0.327 e. The molecule has 7 nitrogen and oxygen atoms in total. The molecule has 7 heteroatoms. The Balaban J connectivity index is 2.81. The van der Waals surface area contributed by atoms with E-state index >= 15 is 0 Å². The van der Waals surface area contributed by atoms with Gasteiger partial charge in [0.1, 0.15) is 6.04 Å². The second-order valence-corrected chi connectivity index (χ2v) is 6.30. The van der Waals surface area contributed by atoms with Gasteiger partial charge in [-0.15, -0.1) is 0 Å². The molecule has 0 aromatic heterocycles. The zero-order valence-electron chi connectivity index (χ0n) is 13.2. The van der Waals surface area contributed by atoms with Gasteiger partial charge in [-0.3, -0.25) is 0 Å². The van der Waals surface area contributed by atoms with Crippen LogP contribution in [-0.4, -0.2) is 78.0 Å². The molecule has 0 aromatic rings. The molecule has 1 fully saturated rings. The number of likely N-dealkylation sites (N-methyl/N-ethyl adjacent to an activating group) is 1. The van der Waals surface area contributed by atoms with Crippen molar-refractivity contribution in [2.75, 3.05) is 33.9 Å². The number of ether oxygens (including phenoxy) is 1. The zero-order valence-corrected chi connectivity index (χ0v) is 13.2. The number of aliphatic hydroxyl groups is 1. The molecule has 0 bridgehead atoms. The third kappa shape index (κ3) is 4.31. The summed E-state index contributed by atoms with van der Waals surface area (Å²) in [6, 6.07) is -1.22. The number of carbonyl (C=O) groups is 2. The molecular weight excluding hydrogens is 276 g/mol. The van der Waals surface area contributed by atoms with Crippen molar-refractivity contribution in [3.05, 3.63) is 0 Å². The number of hydrogen-bond donors (Lipinski definition) is 2. The number of nitrogens with zero attached hydrogens (tertiary/aromatic N) is 2. The first-order valence-electron chi connectivity index (χ1n) is 7.12. The molecule has 21 heavy (non-hydrogen) atoms. The summed E-state index contributed by atoms with van der Waals surface area (Å²) in [5.41, 5.74) is -0.467. The smallest absolute Gasteiger partial charge is 0.327 e. The summed E-state index contributed by atoms with van der Waals surface area (Å²) in [6.07, 6.45) is 0.755. The summed E-state index contributed by atoms with van der Waals surface area (Å²) in [7, 11) is 3.03. The fourth-order valence-corrected chi connectivity index (χ4v) is 2.92. The van der Waals surface area contributed by atoms with Crippen LogP contribution in [0.1, 0.15) is 26.7 Å². The van der Waals surface area contributed by atoms with Crippen molar-refractivity contribution in [2.45, 2.75) is 38.8 Å². The lowest BCUT2D eigenvalue weighted by molar-refractivity contribution is -0.148. The Hall–Kier alpha value is -1.34. The molecule has 1 aliphatic heterocycles. The van der Waals surface area contributed by atoms with Crippen LogP contribution in [0.2, 0.25) is 0 Å². The van der Waals surface area contributed by atoms with E-state index < -0.39 is 23.5 Å². The van der Waals surface area contributed by atoms with E-state index in [0.717, 1.165) is 12.8 Å². The van der Waals surface area contributed by atoms with Gasteiger partial charge in [0.2, 0.25) is 0 Å². The van der Waals surface area contributed by atoms with Crippen LogP contribution < -0.4 is 0 Å². The minimum atomic E-state index is -0.987. The molecule has 2 unspecified atom stereocenters. The Labute approximate surface area is 125 Å². The standard InChI is InChI=1S/C14H26N2O5/c1-14(2)6-5-7-16(11(14)12(18)19)13(20)15(3)8-10(17)9-21-4/h10-11,17H,5-9H2,1-4H3,(H,18,19). The molecule has 1 heterocycles. The molecule has 0 saturated carbocycles. The van der Waals surface area contributed by atoms with Gasteiger partial charge in [-0.25, -0.2) is 9.59 Å². The van der Waals surface area contributed by atoms with E-state index in [0.29, 0.717) is 6.54 Å². The lowest BCUT2D eigenvalue weighted by Crippen LogP contribution is -2.59. The van der Waals surface area contributed by atoms with Crippen molar-refractivity contribution < 1.29 is 24.5 Å². The highest BCUT2D eigenvalue weighted by molar-refractivity contribution is 5.83. The summed E-state index contributed by atoms with van der Waals surface area (Å²) in [6.45, 7) is 4.39. The van der Waals surface area contributed by atoms with Gasteiger partial charge < -0.3 is 24.7 Å². The van der Waals surface area contributed by atoms with E-state index in [-0.39, 0.29) is 19.2 Å². The minimum absolute atomic E-state index is 0.107. The van der Waals surface area contributed by atoms with Crippen LogP contribution in [0.5, 0.6) is 0 Å². The first kappa shape index (κ1) is 17.7. The Kier molecular flexibility index (Phi) is 5.98. The topological polar surface area (TPSA) is 90.3 Å². The molecule has 2 amide bonds. The van der Waals surface area contributed by atoms with Crippen LogP contribution in [-0.2, 0) is 9.53 Å². The molecular formula is C14H26N2O5. The van der Waals surface area contributed by atoms with Gasteiger partial charge in [0.25, 0.3) is 0 Å². The number of carboxylic acid groups (broad SMARTS) is 1. The van der Waals surface area contributed by atoms with Crippen LogP contribution in [0.25, 0.3) is 0 Å². The number of urea groups is 1. The number of methoxy groups -OCH3 is 1. The first-order chi connectivity index (χ1) is 9.70. The van der Waals surface area contributed by atoms with Gasteiger partial charge in [-0.2, -0.15) is 0 Å². The number of carbonyl (C=O) groups excluding carboxylic acids is 1. The van der Waals surface area contributed by atoms with Gasteiger partial charge >= 0.3 is 12.0 Å². The average molecular weight is 302 g/mol. The Bertz CT molecular complexity index is 386. The Morgan fingerprint density at radius 1 is 1.48 bits per heavy atom. The number of aliphatic carboxylic acids is 1. The Morgan fingerprint density at radius 2 is 2.10 bits per heavy atom. The van der Waals surface area contributed by atoms with Gasteiger partial charge in [-0.05, 0) is 18.3 Å². The van der Waals surface area contributed by atoms with E-state index in [9.17, 15) is 19.8 Å². The third-order valence-corrected chi connectivity index (χ3v) is 3.92. The van der Waals surface area contributed by atoms with E-state index in [2.05, 4.69) is 0 Å². The third-order valence-electron chi connectivity index (χ3n) is 3.92. The number of amides is 2. The highest BCUT2D eigenvalue weighted by Crippen LogP contribution is 2.35. The summed E-state index contributed by atoms with van der Waals surface area (Å²) in [4.78, 5) is 26.8. The first-order valence-corrected chi connectivity index (χ1v) is 7.12. The summed E-state index contributed by atoms with van der Waals surface area (Å²) in [5, 5.41) is 19.2. The normalized spacial score (nSPS) is 22.7. The summed E-state index contributed by atoms with van der Waals surface area (Å²) < 4.78 is 4.83. The highest BCUT2D eigenvalue weighted by Gasteiger charge is 2.45. The van der Waals surface area contributed by atoms with Gasteiger partial charge in [-0.1, -0.05) is 13.8 Å². The van der Waals surface area contributed by atoms with Crippen molar-refractivity contribution >= 4 is 12.0 Å². The van der Waals surface area contributed by atoms with Gasteiger partial charge in [0.05, 0.1) is 19.3 Å². The highest BCUT2D eigenvalue weighted by atomic mass is 16.5. The second-order valence-electron chi connectivity index (χ2n) is 6.30. The molecule has 0 spiro atoms. The van der Waals surface area contributed by atoms with Crippen molar-refractivity contribution in [2.24, 2.45) is 5.41 Å². The van der Waals surface area contributed by atoms with Crippen LogP contribution in [0.15, 0.2) is 0 Å². The molecule has 0 aromatic carbocycles. The zero-order chi connectivity index (χ0) is 16.2. The maximum atomic E-state index is 12.5. The van der Waals surface area contributed by atoms with Crippen LogP contribution in [0.3, 0.4) is 0 Å². The lowest BCUT2D eigenvalue weighted by Gasteiger charge is -2.45. The van der Waals surface area contributed by atoms with E-state index in [1.165, 1.54) is 16.9 Å². The fourth-order valence-electron chi connectivity index (χ4n) is 2.92. The number of rotatable bonds is 5. The number of aliphatic hydroxyl groups excluding tert-OH is 1. The predicted molar refractivity (Wildman–Crippen MR) is 77.1 cm³/mol. The molecule has 1 rings (SSSR count). The number of carboxylic acids is 1. The number of likely N-dealkylation sites (tertiary alicyclic amines) is 1. The van der Waals surface area contributed by atoms with Crippen molar-refractivity contribution in [3.8, 4) is 0 Å². The number of piperidine rings is 1. The fraction of sp³-hybridized carbons (Fsp3) is 0.857. The van der Waals surface area contributed by atoms with Crippen molar-refractivity contribution in [1.82, 2.24) is 9.80 Å². The van der Waals surface area contributed by atoms with E-state index in [1.807, 2.05) is 13.8 Å². The number of hydrogen-bond acceptors (Lipinski definition) is 4. The second kappa shape index (κ2) is 7.09. The molecule has 0 aliphatic carbocycles. The van der Waals surface area contributed by atoms with Gasteiger partial charge in [0.15, 0.2) is 0 Å². The molecule has 2 atom stereocenters. The van der Waals surface area contributed by atoms with E-state index in [1.54, 1.807) is 7.05 Å². The largest absolute Gasteiger partial charge is 0.480 e. The van der Waals surface area contributed by atoms with E-state index in [4.69, 9.17) is 4.74 Å².